The third-order valence-electron chi connectivity index (χ3n) is 2.61. The number of hydrogen-bond acceptors (Lipinski definition) is 2. The summed E-state index contributed by atoms with van der Waals surface area (Å²) in [7, 11) is 0. The van der Waals surface area contributed by atoms with Crippen LogP contribution >= 0.6 is 0 Å². The SMILES string of the molecule is CC(C)(C)N1C(=O)Cc2cc(N)ccc21.[Fe]. The van der Waals surface area contributed by atoms with Crippen LogP contribution in [0.25, 0.3) is 0 Å². The zero-order valence-electron chi connectivity index (χ0n) is 9.73. The van der Waals surface area contributed by atoms with Crippen LogP contribution in [0.1, 0.15) is 26.3 Å². The van der Waals surface area contributed by atoms with Crippen LogP contribution in [0.4, 0.5) is 11.4 Å². The number of hydrogen-bond donors (Lipinski definition) is 1. The number of nitrogens with zero attached hydrogens (tertiary/aromatic N) is 1. The molecule has 1 aliphatic heterocycles. The molecule has 1 aromatic rings. The minimum Gasteiger partial charge on any atom is -0.399 e. The molecule has 88 valence electrons. The van der Waals surface area contributed by atoms with Crippen molar-refractivity contribution in [1.82, 2.24) is 0 Å². The Morgan fingerprint density at radius 3 is 2.50 bits per heavy atom. The maximum atomic E-state index is 11.9. The third kappa shape index (κ3) is 2.08. The van der Waals surface area contributed by atoms with Crippen LogP contribution < -0.4 is 10.6 Å². The first-order chi connectivity index (χ1) is 6.89. The largest absolute Gasteiger partial charge is 0.399 e. The van der Waals surface area contributed by atoms with E-state index in [-0.39, 0.29) is 28.5 Å². The van der Waals surface area contributed by atoms with E-state index in [1.807, 2.05) is 43.9 Å². The quantitative estimate of drug-likeness (QED) is 0.572. The van der Waals surface area contributed by atoms with Gasteiger partial charge in [0.2, 0.25) is 5.91 Å². The molecule has 0 radical (unpaired) electrons. The van der Waals surface area contributed by atoms with Gasteiger partial charge in [0.05, 0.1) is 6.42 Å². The summed E-state index contributed by atoms with van der Waals surface area (Å²) in [6.45, 7) is 6.11. The number of amides is 1. The van der Waals surface area contributed by atoms with Gasteiger partial charge < -0.3 is 10.6 Å². The van der Waals surface area contributed by atoms with Gasteiger partial charge in [0.25, 0.3) is 0 Å². The number of nitrogen functional groups attached to an aromatic ring is 1. The predicted octanol–water partition coefficient (Wildman–Crippen LogP) is 1.95. The van der Waals surface area contributed by atoms with Crippen molar-refractivity contribution in [2.75, 3.05) is 10.6 Å². The van der Waals surface area contributed by atoms with E-state index in [1.165, 1.54) is 0 Å². The van der Waals surface area contributed by atoms with Crippen molar-refractivity contribution < 1.29 is 21.9 Å². The van der Waals surface area contributed by atoms with Crippen LogP contribution in [0.15, 0.2) is 18.2 Å². The van der Waals surface area contributed by atoms with Gasteiger partial charge in [-0.3, -0.25) is 4.79 Å². The van der Waals surface area contributed by atoms with E-state index < -0.39 is 0 Å². The molecule has 0 aliphatic carbocycles. The number of anilines is 2. The Morgan fingerprint density at radius 1 is 1.31 bits per heavy atom. The Bertz CT molecular complexity index is 424. The van der Waals surface area contributed by atoms with E-state index in [9.17, 15) is 4.79 Å². The molecular weight excluding hydrogens is 244 g/mol. The second kappa shape index (κ2) is 4.11. The van der Waals surface area contributed by atoms with Crippen molar-refractivity contribution in [2.24, 2.45) is 0 Å². The topological polar surface area (TPSA) is 46.3 Å². The standard InChI is InChI=1S/C12H16N2O.Fe/c1-12(2,3)14-10-5-4-9(13)6-8(10)7-11(14)15;/h4-6H,7,13H2,1-3H3;. The van der Waals surface area contributed by atoms with Crippen LogP contribution in [0.3, 0.4) is 0 Å². The molecule has 0 fully saturated rings. The van der Waals surface area contributed by atoms with Gasteiger partial charge in [-0.2, -0.15) is 0 Å². The van der Waals surface area contributed by atoms with Gasteiger partial charge in [-0.05, 0) is 44.5 Å². The molecule has 1 aromatic carbocycles. The summed E-state index contributed by atoms with van der Waals surface area (Å²) in [5.74, 6) is 0.156. The Balaban J connectivity index is 0.00000128. The molecule has 1 heterocycles. The van der Waals surface area contributed by atoms with Gasteiger partial charge in [0.15, 0.2) is 0 Å². The van der Waals surface area contributed by atoms with E-state index in [0.29, 0.717) is 6.42 Å². The molecule has 1 aliphatic rings. The van der Waals surface area contributed by atoms with Crippen LogP contribution in [0.2, 0.25) is 0 Å². The van der Waals surface area contributed by atoms with Crippen molar-refractivity contribution in [3.63, 3.8) is 0 Å². The molecule has 2 N–H and O–H groups in total. The molecule has 4 heteroatoms. The number of fused-ring (bicyclic) bond motifs is 1. The molecule has 2 rings (SSSR count). The van der Waals surface area contributed by atoms with Gasteiger partial charge in [-0.15, -0.1) is 0 Å². The summed E-state index contributed by atoms with van der Waals surface area (Å²) >= 11 is 0. The van der Waals surface area contributed by atoms with Crippen LogP contribution in [0, 0.1) is 0 Å². The molecular formula is C12H16FeN2O. The number of nitrogens with two attached hydrogens (primary N) is 1. The molecule has 0 saturated heterocycles. The predicted molar refractivity (Wildman–Crippen MR) is 61.8 cm³/mol. The van der Waals surface area contributed by atoms with Gasteiger partial charge in [0.1, 0.15) is 0 Å². The van der Waals surface area contributed by atoms with E-state index >= 15 is 0 Å². The molecule has 0 atom stereocenters. The Morgan fingerprint density at radius 2 is 1.94 bits per heavy atom. The Labute approximate surface area is 106 Å². The summed E-state index contributed by atoms with van der Waals surface area (Å²) in [5.41, 5.74) is 8.29. The maximum absolute atomic E-state index is 11.9. The number of carbonyl (C=O) groups excluding carboxylic acids is 1. The van der Waals surface area contributed by atoms with Crippen LogP contribution in [-0.2, 0) is 28.3 Å². The average Bonchev–Trinajstić information content (AvgIpc) is 2.38. The zero-order valence-corrected chi connectivity index (χ0v) is 10.8. The maximum Gasteiger partial charge on any atom is 0.231 e. The molecule has 3 nitrogen and oxygen atoms in total. The fourth-order valence-corrected chi connectivity index (χ4v) is 2.08. The summed E-state index contributed by atoms with van der Waals surface area (Å²) in [4.78, 5) is 13.7. The number of rotatable bonds is 0. The van der Waals surface area contributed by atoms with Crippen molar-refractivity contribution >= 4 is 17.3 Å². The van der Waals surface area contributed by atoms with Gasteiger partial charge in [0, 0.05) is 34.0 Å². The number of benzene rings is 1. The first-order valence-electron chi connectivity index (χ1n) is 5.11. The normalized spacial score (nSPS) is 14.7. The van der Waals surface area contributed by atoms with Gasteiger partial charge in [-0.1, -0.05) is 0 Å². The van der Waals surface area contributed by atoms with E-state index in [0.717, 1.165) is 16.9 Å². The monoisotopic (exact) mass is 260 g/mol. The van der Waals surface area contributed by atoms with E-state index in [2.05, 4.69) is 0 Å². The van der Waals surface area contributed by atoms with E-state index in [4.69, 9.17) is 5.73 Å². The second-order valence-electron chi connectivity index (χ2n) is 4.96. The van der Waals surface area contributed by atoms with Crippen molar-refractivity contribution in [1.29, 1.82) is 0 Å². The zero-order chi connectivity index (χ0) is 11.2. The smallest absolute Gasteiger partial charge is 0.231 e. The molecule has 0 bridgehead atoms. The summed E-state index contributed by atoms with van der Waals surface area (Å²) in [6, 6.07) is 5.66. The molecule has 0 saturated carbocycles. The summed E-state index contributed by atoms with van der Waals surface area (Å²) in [6.07, 6.45) is 0.470. The molecule has 0 spiro atoms. The van der Waals surface area contributed by atoms with Crippen molar-refractivity contribution in [2.45, 2.75) is 32.7 Å². The Kier molecular flexibility index (Phi) is 3.36. The van der Waals surface area contributed by atoms with Gasteiger partial charge in [-0.25, -0.2) is 0 Å². The molecule has 0 aromatic heterocycles. The third-order valence-corrected chi connectivity index (χ3v) is 2.61. The van der Waals surface area contributed by atoms with E-state index in [1.54, 1.807) is 0 Å². The first-order valence-corrected chi connectivity index (χ1v) is 5.11. The average molecular weight is 260 g/mol. The van der Waals surface area contributed by atoms with Crippen LogP contribution in [0.5, 0.6) is 0 Å². The fraction of sp³-hybridized carbons (Fsp3) is 0.417. The summed E-state index contributed by atoms with van der Waals surface area (Å²) < 4.78 is 0. The fourth-order valence-electron chi connectivity index (χ4n) is 2.08. The molecule has 0 unspecified atom stereocenters. The Hall–Kier alpha value is -0.991. The number of carbonyl (C=O) groups is 1. The van der Waals surface area contributed by atoms with Crippen molar-refractivity contribution in [3.05, 3.63) is 23.8 Å². The minimum absolute atomic E-state index is 0. The second-order valence-corrected chi connectivity index (χ2v) is 4.96. The first kappa shape index (κ1) is 13.1. The van der Waals surface area contributed by atoms with Crippen molar-refractivity contribution in [3.8, 4) is 0 Å². The molecule has 1 amide bonds. The minimum atomic E-state index is -0.168. The van der Waals surface area contributed by atoms with Crippen LogP contribution in [-0.4, -0.2) is 11.4 Å². The molecule has 16 heavy (non-hydrogen) atoms. The summed E-state index contributed by atoms with van der Waals surface area (Å²) in [5, 5.41) is 0. The van der Waals surface area contributed by atoms with Gasteiger partial charge >= 0.3 is 0 Å².